The van der Waals surface area contributed by atoms with Gasteiger partial charge in [-0.05, 0) is 25.5 Å². The van der Waals surface area contributed by atoms with E-state index in [4.69, 9.17) is 5.73 Å². The Bertz CT molecular complexity index is 720. The molecule has 0 saturated heterocycles. The van der Waals surface area contributed by atoms with E-state index in [2.05, 4.69) is 26.9 Å². The topological polar surface area (TPSA) is 77.6 Å². The molecule has 90 valence electrons. The van der Waals surface area contributed by atoms with Gasteiger partial charge in [0.05, 0.1) is 5.39 Å². The van der Waals surface area contributed by atoms with Crippen LogP contribution in [0.1, 0.15) is 10.4 Å². The van der Waals surface area contributed by atoms with E-state index < -0.39 is 0 Å². The van der Waals surface area contributed by atoms with Crippen molar-refractivity contribution in [2.24, 2.45) is 0 Å². The number of anilines is 1. The van der Waals surface area contributed by atoms with Gasteiger partial charge in [0.25, 0.3) is 0 Å². The van der Waals surface area contributed by atoms with E-state index in [-0.39, 0.29) is 0 Å². The molecule has 18 heavy (non-hydrogen) atoms. The molecule has 0 radical (unpaired) electrons. The van der Waals surface area contributed by atoms with Crippen LogP contribution in [0.4, 0.5) is 5.82 Å². The van der Waals surface area contributed by atoms with Crippen LogP contribution in [0, 0.1) is 13.8 Å². The lowest BCUT2D eigenvalue weighted by Gasteiger charge is -2.01. The number of aromatic nitrogens is 4. The number of thiophene rings is 1. The summed E-state index contributed by atoms with van der Waals surface area (Å²) < 4.78 is 0. The third-order valence-corrected chi connectivity index (χ3v) is 3.92. The van der Waals surface area contributed by atoms with Crippen molar-refractivity contribution in [3.8, 4) is 11.6 Å². The van der Waals surface area contributed by atoms with Gasteiger partial charge in [-0.3, -0.25) is 0 Å². The molecule has 0 atom stereocenters. The predicted octanol–water partition coefficient (Wildman–Crippen LogP) is 2.35. The normalized spacial score (nSPS) is 11.0. The van der Waals surface area contributed by atoms with Gasteiger partial charge in [0.1, 0.15) is 10.6 Å². The zero-order valence-corrected chi connectivity index (χ0v) is 10.8. The van der Waals surface area contributed by atoms with Crippen LogP contribution in [0.2, 0.25) is 0 Å². The van der Waals surface area contributed by atoms with Crippen LogP contribution < -0.4 is 5.73 Å². The SMILES string of the molecule is Cc1sc2nc(-c3ncccn3)nc(N)c2c1C. The minimum atomic E-state index is 0.474. The van der Waals surface area contributed by atoms with Crippen molar-refractivity contribution in [3.63, 3.8) is 0 Å². The van der Waals surface area contributed by atoms with Crippen LogP contribution in [-0.4, -0.2) is 19.9 Å². The van der Waals surface area contributed by atoms with E-state index in [0.29, 0.717) is 17.5 Å². The molecule has 0 unspecified atom stereocenters. The monoisotopic (exact) mass is 257 g/mol. The first-order valence-corrected chi connectivity index (χ1v) is 6.29. The smallest absolute Gasteiger partial charge is 0.201 e. The van der Waals surface area contributed by atoms with E-state index >= 15 is 0 Å². The second kappa shape index (κ2) is 3.99. The first-order valence-electron chi connectivity index (χ1n) is 5.47. The molecule has 0 aliphatic carbocycles. The molecule has 3 heterocycles. The molecule has 0 aliphatic rings. The average molecular weight is 257 g/mol. The zero-order valence-electron chi connectivity index (χ0n) is 10.0. The van der Waals surface area contributed by atoms with Gasteiger partial charge in [0.2, 0.25) is 5.82 Å². The van der Waals surface area contributed by atoms with Gasteiger partial charge in [0, 0.05) is 17.3 Å². The van der Waals surface area contributed by atoms with Crippen LogP contribution >= 0.6 is 11.3 Å². The summed E-state index contributed by atoms with van der Waals surface area (Å²) in [6.07, 6.45) is 3.33. The molecular formula is C12H11N5S. The maximum Gasteiger partial charge on any atom is 0.201 e. The molecule has 0 fully saturated rings. The number of nitrogens with two attached hydrogens (primary N) is 1. The van der Waals surface area contributed by atoms with Crippen molar-refractivity contribution >= 4 is 27.4 Å². The highest BCUT2D eigenvalue weighted by molar-refractivity contribution is 7.18. The Hall–Kier alpha value is -2.08. The number of hydrogen-bond acceptors (Lipinski definition) is 6. The third kappa shape index (κ3) is 1.62. The van der Waals surface area contributed by atoms with Crippen molar-refractivity contribution in [1.82, 2.24) is 19.9 Å². The molecule has 0 saturated carbocycles. The molecule has 3 aromatic heterocycles. The Morgan fingerprint density at radius 2 is 1.78 bits per heavy atom. The lowest BCUT2D eigenvalue weighted by Crippen LogP contribution is -1.99. The molecule has 0 amide bonds. The number of hydrogen-bond donors (Lipinski definition) is 1. The predicted molar refractivity (Wildman–Crippen MR) is 72.3 cm³/mol. The van der Waals surface area contributed by atoms with Crippen LogP contribution in [0.25, 0.3) is 21.9 Å². The van der Waals surface area contributed by atoms with E-state index in [1.807, 2.05) is 6.92 Å². The summed E-state index contributed by atoms with van der Waals surface area (Å²) in [5, 5.41) is 0.942. The summed E-state index contributed by atoms with van der Waals surface area (Å²) in [5.41, 5.74) is 7.15. The first kappa shape index (κ1) is 11.0. The number of nitrogen functional groups attached to an aromatic ring is 1. The van der Waals surface area contributed by atoms with E-state index in [1.54, 1.807) is 29.8 Å². The quantitative estimate of drug-likeness (QED) is 0.724. The Morgan fingerprint density at radius 3 is 2.50 bits per heavy atom. The van der Waals surface area contributed by atoms with Crippen LogP contribution in [0.15, 0.2) is 18.5 Å². The molecular weight excluding hydrogens is 246 g/mol. The van der Waals surface area contributed by atoms with Crippen molar-refractivity contribution in [3.05, 3.63) is 28.9 Å². The van der Waals surface area contributed by atoms with Crippen molar-refractivity contribution in [2.45, 2.75) is 13.8 Å². The molecule has 6 heteroatoms. The Morgan fingerprint density at radius 1 is 1.06 bits per heavy atom. The van der Waals surface area contributed by atoms with E-state index in [1.165, 1.54) is 4.88 Å². The summed E-state index contributed by atoms with van der Waals surface area (Å²) in [6.45, 7) is 4.09. The fraction of sp³-hybridized carbons (Fsp3) is 0.167. The van der Waals surface area contributed by atoms with Gasteiger partial charge < -0.3 is 5.73 Å². The van der Waals surface area contributed by atoms with Crippen LogP contribution in [0.5, 0.6) is 0 Å². The number of aryl methyl sites for hydroxylation is 2. The lowest BCUT2D eigenvalue weighted by molar-refractivity contribution is 1.10. The maximum atomic E-state index is 6.01. The second-order valence-corrected chi connectivity index (χ2v) is 5.17. The zero-order chi connectivity index (χ0) is 12.7. The fourth-order valence-corrected chi connectivity index (χ4v) is 2.83. The van der Waals surface area contributed by atoms with Gasteiger partial charge in [0.15, 0.2) is 5.82 Å². The summed E-state index contributed by atoms with van der Waals surface area (Å²) in [4.78, 5) is 19.2. The Kier molecular flexibility index (Phi) is 2.45. The molecule has 0 aromatic carbocycles. The van der Waals surface area contributed by atoms with Crippen LogP contribution in [-0.2, 0) is 0 Å². The highest BCUT2D eigenvalue weighted by Crippen LogP contribution is 2.32. The van der Waals surface area contributed by atoms with Crippen molar-refractivity contribution in [1.29, 1.82) is 0 Å². The standard InChI is InChI=1S/C12H11N5S/c1-6-7(2)18-12-8(6)9(13)16-11(17-12)10-14-4-3-5-15-10/h3-5H,1-2H3,(H2,13,16,17). The lowest BCUT2D eigenvalue weighted by atomic mass is 10.2. The highest BCUT2D eigenvalue weighted by Gasteiger charge is 2.14. The Balaban J connectivity index is 2.28. The molecule has 0 aliphatic heterocycles. The molecule has 0 spiro atoms. The number of nitrogens with zero attached hydrogens (tertiary/aromatic N) is 4. The minimum absolute atomic E-state index is 0.474. The van der Waals surface area contributed by atoms with Crippen LogP contribution in [0.3, 0.4) is 0 Å². The van der Waals surface area contributed by atoms with Crippen molar-refractivity contribution in [2.75, 3.05) is 5.73 Å². The van der Waals surface area contributed by atoms with Gasteiger partial charge in [-0.2, -0.15) is 0 Å². The molecule has 5 nitrogen and oxygen atoms in total. The second-order valence-electron chi connectivity index (χ2n) is 3.97. The molecule has 2 N–H and O–H groups in total. The number of rotatable bonds is 1. The summed E-state index contributed by atoms with van der Waals surface area (Å²) >= 11 is 1.62. The third-order valence-electron chi connectivity index (χ3n) is 2.82. The van der Waals surface area contributed by atoms with Gasteiger partial charge in [-0.15, -0.1) is 11.3 Å². The van der Waals surface area contributed by atoms with Gasteiger partial charge in [-0.1, -0.05) is 0 Å². The summed E-state index contributed by atoms with van der Waals surface area (Å²) in [5.74, 6) is 1.46. The minimum Gasteiger partial charge on any atom is -0.383 e. The summed E-state index contributed by atoms with van der Waals surface area (Å²) in [6, 6.07) is 1.75. The summed E-state index contributed by atoms with van der Waals surface area (Å²) in [7, 11) is 0. The largest absolute Gasteiger partial charge is 0.383 e. The highest BCUT2D eigenvalue weighted by atomic mass is 32.1. The molecule has 3 aromatic rings. The Labute approximate surface area is 108 Å². The molecule has 3 rings (SSSR count). The fourth-order valence-electron chi connectivity index (χ4n) is 1.80. The maximum absolute atomic E-state index is 6.01. The van der Waals surface area contributed by atoms with Gasteiger partial charge >= 0.3 is 0 Å². The van der Waals surface area contributed by atoms with E-state index in [9.17, 15) is 0 Å². The van der Waals surface area contributed by atoms with Crippen molar-refractivity contribution < 1.29 is 0 Å². The number of fused-ring (bicyclic) bond motifs is 1. The van der Waals surface area contributed by atoms with Gasteiger partial charge in [-0.25, -0.2) is 19.9 Å². The average Bonchev–Trinajstić information content (AvgIpc) is 2.66. The first-order chi connectivity index (χ1) is 8.66. The molecule has 0 bridgehead atoms. The van der Waals surface area contributed by atoms with E-state index in [0.717, 1.165) is 15.8 Å².